The zero-order valence-electron chi connectivity index (χ0n) is 16.4. The number of nitrogens with one attached hydrogen (secondary N) is 1. The summed E-state index contributed by atoms with van der Waals surface area (Å²) in [4.78, 5) is 27.5. The van der Waals surface area contributed by atoms with E-state index in [1.54, 1.807) is 12.1 Å². The van der Waals surface area contributed by atoms with Crippen molar-refractivity contribution in [3.63, 3.8) is 0 Å². The molecule has 0 radical (unpaired) electrons. The highest BCUT2D eigenvalue weighted by atomic mass is 32.2. The van der Waals surface area contributed by atoms with Crippen molar-refractivity contribution in [1.29, 1.82) is 0 Å². The van der Waals surface area contributed by atoms with Crippen molar-refractivity contribution in [1.82, 2.24) is 14.5 Å². The quantitative estimate of drug-likeness (QED) is 0.686. The molecule has 1 fully saturated rings. The van der Waals surface area contributed by atoms with Crippen molar-refractivity contribution in [2.75, 3.05) is 32.7 Å². The fourth-order valence-corrected chi connectivity index (χ4v) is 4.20. The summed E-state index contributed by atoms with van der Waals surface area (Å²) < 4.78 is 52.7. The molecule has 3 rings (SSSR count). The fourth-order valence-electron chi connectivity index (χ4n) is 3.16. The minimum Gasteiger partial charge on any atom is -0.507 e. The number of piperazine rings is 1. The van der Waals surface area contributed by atoms with Crippen molar-refractivity contribution >= 4 is 21.8 Å². The van der Waals surface area contributed by atoms with E-state index >= 15 is 0 Å². The molecule has 0 aromatic heterocycles. The van der Waals surface area contributed by atoms with E-state index in [-0.39, 0.29) is 62.3 Å². The Morgan fingerprint density at radius 3 is 2.26 bits per heavy atom. The van der Waals surface area contributed by atoms with Gasteiger partial charge in [-0.1, -0.05) is 12.1 Å². The Hall–Kier alpha value is -3.05. The molecule has 1 aliphatic rings. The number of carbonyl (C=O) groups is 2. The van der Waals surface area contributed by atoms with E-state index in [2.05, 4.69) is 4.72 Å². The van der Waals surface area contributed by atoms with Gasteiger partial charge in [0.25, 0.3) is 5.91 Å². The van der Waals surface area contributed by atoms with Crippen LogP contribution in [0.5, 0.6) is 5.75 Å². The highest BCUT2D eigenvalue weighted by Gasteiger charge is 2.26. The van der Waals surface area contributed by atoms with Crippen LogP contribution in [0.3, 0.4) is 0 Å². The van der Waals surface area contributed by atoms with Crippen molar-refractivity contribution in [3.05, 3.63) is 59.7 Å². The lowest BCUT2D eigenvalue weighted by molar-refractivity contribution is -0.132. The van der Waals surface area contributed by atoms with Crippen LogP contribution >= 0.6 is 0 Å². The van der Waals surface area contributed by atoms with Crippen LogP contribution < -0.4 is 4.72 Å². The highest BCUT2D eigenvalue weighted by Crippen LogP contribution is 2.19. The third-order valence-corrected chi connectivity index (χ3v) is 6.35. The van der Waals surface area contributed by atoms with Crippen LogP contribution in [0.15, 0.2) is 47.4 Å². The first-order chi connectivity index (χ1) is 14.7. The summed E-state index contributed by atoms with van der Waals surface area (Å²) in [5.74, 6) is -3.18. The molecule has 2 aromatic carbocycles. The smallest absolute Gasteiger partial charge is 0.257 e. The van der Waals surface area contributed by atoms with Crippen molar-refractivity contribution in [2.24, 2.45) is 0 Å². The van der Waals surface area contributed by atoms with Gasteiger partial charge in [0.15, 0.2) is 11.6 Å². The zero-order valence-corrected chi connectivity index (χ0v) is 17.2. The van der Waals surface area contributed by atoms with Crippen LogP contribution in [0.1, 0.15) is 16.8 Å². The van der Waals surface area contributed by atoms with Crippen LogP contribution in [0.2, 0.25) is 0 Å². The summed E-state index contributed by atoms with van der Waals surface area (Å²) in [5, 5.41) is 9.82. The minimum absolute atomic E-state index is 0.112. The van der Waals surface area contributed by atoms with Crippen molar-refractivity contribution in [3.8, 4) is 5.75 Å². The Balaban J connectivity index is 1.48. The molecule has 2 N–H and O–H groups in total. The molecule has 0 atom stereocenters. The Bertz CT molecular complexity index is 1090. The van der Waals surface area contributed by atoms with E-state index in [0.717, 1.165) is 6.07 Å². The standard InChI is InChI=1S/C20H21F2N3O5S/c21-16-6-5-14(13-17(16)22)31(29,30)23-8-7-19(27)24-9-11-25(12-10-24)20(28)15-3-1-2-4-18(15)26/h1-6,13,23,26H,7-12H2. The molecule has 1 aliphatic heterocycles. The summed E-state index contributed by atoms with van der Waals surface area (Å²) in [6.45, 7) is 0.887. The molecule has 166 valence electrons. The second kappa shape index (κ2) is 9.40. The third-order valence-electron chi connectivity index (χ3n) is 4.89. The number of phenols is 1. The van der Waals surface area contributed by atoms with E-state index in [9.17, 15) is 31.9 Å². The lowest BCUT2D eigenvalue weighted by Crippen LogP contribution is -2.51. The van der Waals surface area contributed by atoms with Gasteiger partial charge in [-0.25, -0.2) is 21.9 Å². The van der Waals surface area contributed by atoms with E-state index in [1.807, 2.05) is 0 Å². The number of phenolic OH excluding ortho intramolecular Hbond substituents is 1. The van der Waals surface area contributed by atoms with E-state index < -0.39 is 26.6 Å². The topological polar surface area (TPSA) is 107 Å². The second-order valence-electron chi connectivity index (χ2n) is 6.91. The minimum atomic E-state index is -4.08. The monoisotopic (exact) mass is 453 g/mol. The van der Waals surface area contributed by atoms with Gasteiger partial charge in [-0.2, -0.15) is 0 Å². The van der Waals surface area contributed by atoms with Gasteiger partial charge in [0.05, 0.1) is 10.5 Å². The number of rotatable bonds is 6. The Kier molecular flexibility index (Phi) is 6.86. The maximum atomic E-state index is 13.3. The maximum absolute atomic E-state index is 13.3. The van der Waals surface area contributed by atoms with Gasteiger partial charge in [0, 0.05) is 39.1 Å². The zero-order chi connectivity index (χ0) is 22.6. The van der Waals surface area contributed by atoms with Gasteiger partial charge >= 0.3 is 0 Å². The molecular formula is C20H21F2N3O5S. The van der Waals surface area contributed by atoms with E-state index in [4.69, 9.17) is 0 Å². The molecule has 11 heteroatoms. The molecule has 0 saturated carbocycles. The summed E-state index contributed by atoms with van der Waals surface area (Å²) in [6, 6.07) is 8.43. The summed E-state index contributed by atoms with van der Waals surface area (Å²) in [6.07, 6.45) is -0.129. The Labute approximate surface area is 178 Å². The van der Waals surface area contributed by atoms with Crippen molar-refractivity contribution in [2.45, 2.75) is 11.3 Å². The predicted molar refractivity (Wildman–Crippen MR) is 107 cm³/mol. The Morgan fingerprint density at radius 2 is 1.61 bits per heavy atom. The number of halogens is 2. The molecule has 0 unspecified atom stereocenters. The largest absolute Gasteiger partial charge is 0.507 e. The van der Waals surface area contributed by atoms with E-state index in [1.165, 1.54) is 21.9 Å². The summed E-state index contributed by atoms with van der Waals surface area (Å²) in [5.41, 5.74) is 0.189. The second-order valence-corrected chi connectivity index (χ2v) is 8.68. The number of sulfonamides is 1. The molecule has 2 aromatic rings. The number of carbonyl (C=O) groups excluding carboxylic acids is 2. The number of amides is 2. The van der Waals surface area contributed by atoms with Crippen molar-refractivity contribution < 1.29 is 31.9 Å². The average molecular weight is 453 g/mol. The van der Waals surface area contributed by atoms with E-state index in [0.29, 0.717) is 12.1 Å². The molecular weight excluding hydrogens is 432 g/mol. The molecule has 8 nitrogen and oxygen atoms in total. The van der Waals surface area contributed by atoms with Gasteiger partial charge in [0.2, 0.25) is 15.9 Å². The molecule has 31 heavy (non-hydrogen) atoms. The lowest BCUT2D eigenvalue weighted by Gasteiger charge is -2.35. The van der Waals surface area contributed by atoms with Crippen LogP contribution in [0, 0.1) is 11.6 Å². The third kappa shape index (κ3) is 5.36. The number of benzene rings is 2. The predicted octanol–water partition coefficient (Wildman–Crippen LogP) is 1.32. The fraction of sp³-hybridized carbons (Fsp3) is 0.300. The maximum Gasteiger partial charge on any atom is 0.257 e. The number of para-hydroxylation sites is 1. The normalized spacial score (nSPS) is 14.5. The first kappa shape index (κ1) is 22.6. The number of hydrogen-bond donors (Lipinski definition) is 2. The highest BCUT2D eigenvalue weighted by molar-refractivity contribution is 7.89. The summed E-state index contributed by atoms with van der Waals surface area (Å²) >= 11 is 0. The first-order valence-corrected chi connectivity index (χ1v) is 11.0. The number of aromatic hydroxyl groups is 1. The van der Waals surface area contributed by atoms with Gasteiger partial charge in [-0.05, 0) is 30.3 Å². The van der Waals surface area contributed by atoms with Crippen LogP contribution in [0.4, 0.5) is 8.78 Å². The summed E-state index contributed by atoms with van der Waals surface area (Å²) in [7, 11) is -4.08. The van der Waals surface area contributed by atoms with Gasteiger partial charge in [-0.3, -0.25) is 9.59 Å². The molecule has 1 saturated heterocycles. The molecule has 1 heterocycles. The number of nitrogens with zero attached hydrogens (tertiary/aromatic N) is 2. The Morgan fingerprint density at radius 1 is 0.968 bits per heavy atom. The molecule has 2 amide bonds. The van der Waals surface area contributed by atoms with Gasteiger partial charge in [-0.15, -0.1) is 0 Å². The molecule has 0 bridgehead atoms. The van der Waals surface area contributed by atoms with Gasteiger partial charge in [0.1, 0.15) is 5.75 Å². The molecule has 0 spiro atoms. The average Bonchev–Trinajstić information content (AvgIpc) is 2.75. The SMILES string of the molecule is O=C(CCNS(=O)(=O)c1ccc(F)c(F)c1)N1CCN(C(=O)c2ccccc2O)CC1. The van der Waals surface area contributed by atoms with Crippen LogP contribution in [-0.2, 0) is 14.8 Å². The van der Waals surface area contributed by atoms with Crippen LogP contribution in [-0.4, -0.2) is 67.9 Å². The van der Waals surface area contributed by atoms with Crippen LogP contribution in [0.25, 0.3) is 0 Å². The number of hydrogen-bond acceptors (Lipinski definition) is 5. The lowest BCUT2D eigenvalue weighted by atomic mass is 10.1. The first-order valence-electron chi connectivity index (χ1n) is 9.49. The molecule has 0 aliphatic carbocycles. The van der Waals surface area contributed by atoms with Gasteiger partial charge < -0.3 is 14.9 Å².